The van der Waals surface area contributed by atoms with Crippen molar-refractivity contribution in [2.75, 3.05) is 18.9 Å². The first-order valence-electron chi connectivity index (χ1n) is 6.28. The number of amides is 4. The van der Waals surface area contributed by atoms with Crippen molar-refractivity contribution in [3.63, 3.8) is 0 Å². The molecule has 1 aliphatic heterocycles. The first kappa shape index (κ1) is 15.3. The number of thioether (sulfide) groups is 1. The minimum absolute atomic E-state index is 0.116. The molecule has 8 heteroatoms. The molecule has 21 heavy (non-hydrogen) atoms. The van der Waals surface area contributed by atoms with Crippen LogP contribution in [-0.2, 0) is 9.53 Å². The number of benzene rings is 1. The Morgan fingerprint density at radius 2 is 2.10 bits per heavy atom. The molecule has 1 saturated heterocycles. The van der Waals surface area contributed by atoms with Crippen molar-refractivity contribution in [1.82, 2.24) is 10.2 Å². The first-order chi connectivity index (χ1) is 10.1. The van der Waals surface area contributed by atoms with Crippen molar-refractivity contribution in [3.05, 3.63) is 35.9 Å². The monoisotopic (exact) mass is 309 g/mol. The maximum atomic E-state index is 11.9. The Morgan fingerprint density at radius 3 is 2.67 bits per heavy atom. The molecule has 0 aromatic heterocycles. The van der Waals surface area contributed by atoms with Crippen LogP contribution in [0, 0.1) is 0 Å². The minimum atomic E-state index is -0.795. The molecule has 1 aromatic rings. The Morgan fingerprint density at radius 1 is 1.38 bits per heavy atom. The van der Waals surface area contributed by atoms with E-state index in [1.165, 1.54) is 0 Å². The molecule has 0 radical (unpaired) electrons. The van der Waals surface area contributed by atoms with Crippen LogP contribution in [0.15, 0.2) is 30.3 Å². The maximum Gasteiger partial charge on any atom is 0.312 e. The molecular formula is C13H15N3O4S. The van der Waals surface area contributed by atoms with E-state index in [-0.39, 0.29) is 30.1 Å². The summed E-state index contributed by atoms with van der Waals surface area (Å²) in [6.07, 6.45) is -0.795. The van der Waals surface area contributed by atoms with E-state index in [0.717, 1.165) is 16.7 Å². The van der Waals surface area contributed by atoms with Crippen molar-refractivity contribution in [2.24, 2.45) is 5.73 Å². The molecular weight excluding hydrogens is 294 g/mol. The second-order valence-electron chi connectivity index (χ2n) is 4.24. The van der Waals surface area contributed by atoms with Gasteiger partial charge >= 0.3 is 6.03 Å². The van der Waals surface area contributed by atoms with Gasteiger partial charge in [0.15, 0.2) is 6.23 Å². The van der Waals surface area contributed by atoms with Gasteiger partial charge in [0.2, 0.25) is 5.91 Å². The number of nitrogens with zero attached hydrogens (tertiary/aromatic N) is 1. The predicted molar refractivity (Wildman–Crippen MR) is 77.4 cm³/mol. The molecule has 4 amide bonds. The van der Waals surface area contributed by atoms with Crippen LogP contribution in [0.1, 0.15) is 11.8 Å². The summed E-state index contributed by atoms with van der Waals surface area (Å²) in [7, 11) is 0. The van der Waals surface area contributed by atoms with Crippen LogP contribution in [0.2, 0.25) is 0 Å². The lowest BCUT2D eigenvalue weighted by molar-refractivity contribution is -0.135. The van der Waals surface area contributed by atoms with E-state index in [9.17, 15) is 14.4 Å². The summed E-state index contributed by atoms with van der Waals surface area (Å²) in [5.74, 6) is -0.174. The van der Waals surface area contributed by atoms with Crippen molar-refractivity contribution in [1.29, 1.82) is 0 Å². The summed E-state index contributed by atoms with van der Waals surface area (Å²) in [5.41, 5.74) is 5.65. The smallest absolute Gasteiger partial charge is 0.312 e. The second kappa shape index (κ2) is 7.09. The molecule has 1 unspecified atom stereocenters. The second-order valence-corrected chi connectivity index (χ2v) is 5.17. The molecule has 3 N–H and O–H groups in total. The lowest BCUT2D eigenvalue weighted by Crippen LogP contribution is -2.37. The Balaban J connectivity index is 2.09. The summed E-state index contributed by atoms with van der Waals surface area (Å²) >= 11 is 0.948. The van der Waals surface area contributed by atoms with Gasteiger partial charge in [-0.1, -0.05) is 42.1 Å². The summed E-state index contributed by atoms with van der Waals surface area (Å²) in [4.78, 5) is 35.4. The SMILES string of the molecule is NC(=O)NCCOC(c1ccccc1)N1C(=O)CSC1=O. The van der Waals surface area contributed by atoms with Crippen molar-refractivity contribution >= 4 is 28.9 Å². The van der Waals surface area contributed by atoms with Gasteiger partial charge in [-0.2, -0.15) is 0 Å². The Kier molecular flexibility index (Phi) is 5.18. The molecule has 7 nitrogen and oxygen atoms in total. The van der Waals surface area contributed by atoms with E-state index in [2.05, 4.69) is 5.32 Å². The van der Waals surface area contributed by atoms with Crippen molar-refractivity contribution in [2.45, 2.75) is 6.23 Å². The average Bonchev–Trinajstić information content (AvgIpc) is 2.80. The lowest BCUT2D eigenvalue weighted by Gasteiger charge is -2.26. The number of nitrogens with two attached hydrogens (primary N) is 1. The average molecular weight is 309 g/mol. The van der Waals surface area contributed by atoms with Crippen LogP contribution < -0.4 is 11.1 Å². The van der Waals surface area contributed by atoms with Crippen LogP contribution in [0.3, 0.4) is 0 Å². The summed E-state index contributed by atoms with van der Waals surface area (Å²) in [6, 6.07) is 8.32. The summed E-state index contributed by atoms with van der Waals surface area (Å²) < 4.78 is 5.60. The zero-order valence-electron chi connectivity index (χ0n) is 11.2. The largest absolute Gasteiger partial charge is 0.352 e. The molecule has 112 valence electrons. The number of ether oxygens (including phenoxy) is 1. The van der Waals surface area contributed by atoms with E-state index < -0.39 is 12.3 Å². The van der Waals surface area contributed by atoms with Gasteiger partial charge in [-0.05, 0) is 0 Å². The molecule has 0 aliphatic carbocycles. The van der Waals surface area contributed by atoms with Gasteiger partial charge in [0.1, 0.15) is 0 Å². The van der Waals surface area contributed by atoms with Gasteiger partial charge in [0.25, 0.3) is 5.24 Å². The minimum Gasteiger partial charge on any atom is -0.352 e. The number of nitrogens with one attached hydrogen (secondary N) is 1. The number of carbonyl (C=O) groups excluding carboxylic acids is 3. The number of rotatable bonds is 6. The summed E-state index contributed by atoms with van der Waals surface area (Å²) in [5, 5.41) is 2.05. The molecule has 1 heterocycles. The van der Waals surface area contributed by atoms with Gasteiger partial charge in [-0.25, -0.2) is 9.69 Å². The van der Waals surface area contributed by atoms with Gasteiger partial charge in [0.05, 0.1) is 12.4 Å². The van der Waals surface area contributed by atoms with Crippen molar-refractivity contribution < 1.29 is 19.1 Å². The lowest BCUT2D eigenvalue weighted by atomic mass is 10.2. The molecule has 0 bridgehead atoms. The van der Waals surface area contributed by atoms with Gasteiger partial charge in [0, 0.05) is 12.1 Å². The number of primary amides is 1. The molecule has 1 aliphatic rings. The van der Waals surface area contributed by atoms with Crippen LogP contribution in [0.4, 0.5) is 9.59 Å². The highest BCUT2D eigenvalue weighted by atomic mass is 32.2. The number of hydrogen-bond donors (Lipinski definition) is 2. The molecule has 2 rings (SSSR count). The fourth-order valence-electron chi connectivity index (χ4n) is 1.87. The quantitative estimate of drug-likeness (QED) is 0.765. The number of hydrogen-bond acceptors (Lipinski definition) is 5. The first-order valence-corrected chi connectivity index (χ1v) is 7.27. The standard InChI is InChI=1S/C13H15N3O4S/c14-12(18)15-6-7-20-11(9-4-2-1-3-5-9)16-10(17)8-21-13(16)19/h1-5,11H,6-8H2,(H3,14,15,18). The van der Waals surface area contributed by atoms with E-state index in [1.54, 1.807) is 24.3 Å². The normalized spacial score (nSPS) is 16.1. The topological polar surface area (TPSA) is 102 Å². The number of imide groups is 1. The molecule has 1 atom stereocenters. The summed E-state index contributed by atoms with van der Waals surface area (Å²) in [6.45, 7) is 0.326. The fourth-order valence-corrected chi connectivity index (χ4v) is 2.60. The van der Waals surface area contributed by atoms with Gasteiger partial charge < -0.3 is 15.8 Å². The molecule has 0 spiro atoms. The third-order valence-electron chi connectivity index (χ3n) is 2.78. The third-order valence-corrected chi connectivity index (χ3v) is 3.62. The zero-order valence-corrected chi connectivity index (χ0v) is 12.0. The van der Waals surface area contributed by atoms with Crippen molar-refractivity contribution in [3.8, 4) is 0 Å². The van der Waals surface area contributed by atoms with Crippen LogP contribution in [-0.4, -0.2) is 41.0 Å². The number of carbonyl (C=O) groups is 3. The van der Waals surface area contributed by atoms with Crippen LogP contribution >= 0.6 is 11.8 Å². The highest BCUT2D eigenvalue weighted by Gasteiger charge is 2.37. The van der Waals surface area contributed by atoms with Gasteiger partial charge in [-0.15, -0.1) is 0 Å². The molecule has 0 saturated carbocycles. The van der Waals surface area contributed by atoms with E-state index in [0.29, 0.717) is 5.56 Å². The zero-order chi connectivity index (χ0) is 15.2. The van der Waals surface area contributed by atoms with Gasteiger partial charge in [-0.3, -0.25) is 9.59 Å². The third kappa shape index (κ3) is 3.96. The Labute approximate surface area is 125 Å². The maximum absolute atomic E-state index is 11.9. The highest BCUT2D eigenvalue weighted by molar-refractivity contribution is 8.14. The van der Waals surface area contributed by atoms with Crippen LogP contribution in [0.25, 0.3) is 0 Å². The Hall–Kier alpha value is -2.06. The van der Waals surface area contributed by atoms with Crippen LogP contribution in [0.5, 0.6) is 0 Å². The molecule has 1 aromatic carbocycles. The van der Waals surface area contributed by atoms with E-state index >= 15 is 0 Å². The highest BCUT2D eigenvalue weighted by Crippen LogP contribution is 2.30. The van der Waals surface area contributed by atoms with E-state index in [4.69, 9.17) is 10.5 Å². The van der Waals surface area contributed by atoms with E-state index in [1.807, 2.05) is 6.07 Å². The number of urea groups is 1. The predicted octanol–water partition coefficient (Wildman–Crippen LogP) is 1.07. The molecule has 1 fully saturated rings. The Bertz CT molecular complexity index is 521. The fraction of sp³-hybridized carbons (Fsp3) is 0.308.